The van der Waals surface area contributed by atoms with Gasteiger partial charge in [0.05, 0.1) is 15.5 Å². The minimum atomic E-state index is -0.839. The van der Waals surface area contributed by atoms with Crippen molar-refractivity contribution in [1.29, 1.82) is 0 Å². The van der Waals surface area contributed by atoms with Crippen molar-refractivity contribution >= 4 is 34.8 Å². The Balaban J connectivity index is 2.02. The van der Waals surface area contributed by atoms with Crippen molar-refractivity contribution in [1.82, 2.24) is 0 Å². The quantitative estimate of drug-likeness (QED) is 0.605. The van der Waals surface area contributed by atoms with E-state index >= 15 is 0 Å². The van der Waals surface area contributed by atoms with Gasteiger partial charge in [-0.3, -0.25) is 4.79 Å². The van der Waals surface area contributed by atoms with Gasteiger partial charge < -0.3 is 5.32 Å². The molecule has 0 heterocycles. The predicted octanol–water partition coefficient (Wildman–Crippen LogP) is 5.94. The third kappa shape index (κ3) is 3.55. The summed E-state index contributed by atoms with van der Waals surface area (Å²) >= 11 is 12.0. The molecule has 0 spiro atoms. The fourth-order valence-electron chi connectivity index (χ4n) is 2.80. The standard InChI is InChI=1S/C21H17Cl2NO/c1-21(15-8-4-2-5-9-15,16-10-6-3-7-11-16)20(25)24-17-12-13-18(22)19(23)14-17/h2-14H,1H3,(H,24,25). The summed E-state index contributed by atoms with van der Waals surface area (Å²) in [5.74, 6) is -0.136. The van der Waals surface area contributed by atoms with E-state index in [9.17, 15) is 4.79 Å². The maximum Gasteiger partial charge on any atom is 0.239 e. The molecule has 0 fully saturated rings. The van der Waals surface area contributed by atoms with Crippen molar-refractivity contribution in [2.24, 2.45) is 0 Å². The highest BCUT2D eigenvalue weighted by Gasteiger charge is 2.37. The van der Waals surface area contributed by atoms with Crippen LogP contribution in [-0.4, -0.2) is 5.91 Å². The zero-order valence-electron chi connectivity index (χ0n) is 13.7. The molecule has 25 heavy (non-hydrogen) atoms. The van der Waals surface area contributed by atoms with Gasteiger partial charge in [0.15, 0.2) is 0 Å². The van der Waals surface area contributed by atoms with E-state index in [2.05, 4.69) is 5.32 Å². The number of hydrogen-bond donors (Lipinski definition) is 1. The smallest absolute Gasteiger partial charge is 0.239 e. The minimum Gasteiger partial charge on any atom is -0.325 e. The first-order chi connectivity index (χ1) is 12.0. The molecule has 0 atom stereocenters. The average molecular weight is 370 g/mol. The number of amides is 1. The van der Waals surface area contributed by atoms with Crippen molar-refractivity contribution in [3.05, 3.63) is 100 Å². The highest BCUT2D eigenvalue weighted by molar-refractivity contribution is 6.42. The van der Waals surface area contributed by atoms with Gasteiger partial charge in [-0.15, -0.1) is 0 Å². The molecule has 1 N–H and O–H groups in total. The van der Waals surface area contributed by atoms with Gasteiger partial charge in [0, 0.05) is 5.69 Å². The molecule has 4 heteroatoms. The van der Waals surface area contributed by atoms with Crippen LogP contribution >= 0.6 is 23.2 Å². The molecule has 1 amide bonds. The van der Waals surface area contributed by atoms with Crippen LogP contribution < -0.4 is 5.32 Å². The second-order valence-electron chi connectivity index (χ2n) is 5.94. The number of benzene rings is 3. The highest BCUT2D eigenvalue weighted by atomic mass is 35.5. The lowest BCUT2D eigenvalue weighted by atomic mass is 9.75. The number of carbonyl (C=O) groups is 1. The second kappa shape index (κ2) is 7.30. The van der Waals surface area contributed by atoms with Gasteiger partial charge in [0.1, 0.15) is 0 Å². The Morgan fingerprint density at radius 1 is 0.800 bits per heavy atom. The van der Waals surface area contributed by atoms with Crippen LogP contribution in [0.2, 0.25) is 10.0 Å². The van der Waals surface area contributed by atoms with Gasteiger partial charge in [-0.25, -0.2) is 0 Å². The normalized spacial score (nSPS) is 11.2. The third-order valence-corrected chi connectivity index (χ3v) is 5.07. The number of carbonyl (C=O) groups excluding carboxylic acids is 1. The molecule has 0 aliphatic heterocycles. The molecule has 2 nitrogen and oxygen atoms in total. The summed E-state index contributed by atoms with van der Waals surface area (Å²) < 4.78 is 0. The highest BCUT2D eigenvalue weighted by Crippen LogP contribution is 2.34. The van der Waals surface area contributed by atoms with Crippen molar-refractivity contribution in [2.45, 2.75) is 12.3 Å². The van der Waals surface area contributed by atoms with E-state index in [4.69, 9.17) is 23.2 Å². The third-order valence-electron chi connectivity index (χ3n) is 4.33. The van der Waals surface area contributed by atoms with Crippen LogP contribution in [0.5, 0.6) is 0 Å². The van der Waals surface area contributed by atoms with E-state index in [0.29, 0.717) is 15.7 Å². The average Bonchev–Trinajstić information content (AvgIpc) is 2.65. The number of halogens is 2. The topological polar surface area (TPSA) is 29.1 Å². The van der Waals surface area contributed by atoms with Gasteiger partial charge in [0.25, 0.3) is 0 Å². The Morgan fingerprint density at radius 2 is 1.32 bits per heavy atom. The maximum absolute atomic E-state index is 13.2. The first-order valence-corrected chi connectivity index (χ1v) is 8.65. The molecular weight excluding hydrogens is 353 g/mol. The van der Waals surface area contributed by atoms with Gasteiger partial charge in [-0.2, -0.15) is 0 Å². The van der Waals surface area contributed by atoms with Crippen molar-refractivity contribution in [3.63, 3.8) is 0 Å². The molecule has 3 aromatic carbocycles. The zero-order chi connectivity index (χ0) is 17.9. The number of rotatable bonds is 4. The van der Waals surface area contributed by atoms with Crippen LogP contribution in [0.25, 0.3) is 0 Å². The number of nitrogens with one attached hydrogen (secondary N) is 1. The van der Waals surface area contributed by atoms with Crippen LogP contribution in [0.1, 0.15) is 18.1 Å². The summed E-state index contributed by atoms with van der Waals surface area (Å²) in [6.45, 7) is 1.92. The van der Waals surface area contributed by atoms with E-state index in [1.807, 2.05) is 67.6 Å². The van der Waals surface area contributed by atoms with Crippen LogP contribution in [0.3, 0.4) is 0 Å². The SMILES string of the molecule is CC(C(=O)Nc1ccc(Cl)c(Cl)c1)(c1ccccc1)c1ccccc1. The second-order valence-corrected chi connectivity index (χ2v) is 6.75. The molecule has 0 bridgehead atoms. The lowest BCUT2D eigenvalue weighted by molar-refractivity contribution is -0.119. The number of anilines is 1. The molecule has 0 aliphatic carbocycles. The van der Waals surface area contributed by atoms with E-state index in [1.165, 1.54) is 0 Å². The van der Waals surface area contributed by atoms with Crippen LogP contribution in [0.4, 0.5) is 5.69 Å². The van der Waals surface area contributed by atoms with Crippen molar-refractivity contribution in [3.8, 4) is 0 Å². The fraction of sp³-hybridized carbons (Fsp3) is 0.0952. The lowest BCUT2D eigenvalue weighted by Crippen LogP contribution is -2.38. The Labute approximate surface area is 157 Å². The molecule has 0 aromatic heterocycles. The number of hydrogen-bond acceptors (Lipinski definition) is 1. The molecule has 3 rings (SSSR count). The van der Waals surface area contributed by atoms with E-state index in [0.717, 1.165) is 11.1 Å². The predicted molar refractivity (Wildman–Crippen MR) is 104 cm³/mol. The summed E-state index contributed by atoms with van der Waals surface area (Å²) in [4.78, 5) is 13.2. The monoisotopic (exact) mass is 369 g/mol. The first-order valence-electron chi connectivity index (χ1n) is 7.89. The Kier molecular flexibility index (Phi) is 5.12. The molecule has 0 aliphatic rings. The van der Waals surface area contributed by atoms with Crippen molar-refractivity contribution in [2.75, 3.05) is 5.32 Å². The van der Waals surface area contributed by atoms with Crippen LogP contribution in [-0.2, 0) is 10.2 Å². The first kappa shape index (κ1) is 17.5. The molecule has 0 saturated carbocycles. The van der Waals surface area contributed by atoms with Gasteiger partial charge in [0.2, 0.25) is 5.91 Å². The Bertz CT molecular complexity index is 839. The van der Waals surface area contributed by atoms with E-state index in [-0.39, 0.29) is 5.91 Å². The summed E-state index contributed by atoms with van der Waals surface area (Å²) in [5.41, 5.74) is 1.60. The summed E-state index contributed by atoms with van der Waals surface area (Å²) in [7, 11) is 0. The Hall–Kier alpha value is -2.29. The fourth-order valence-corrected chi connectivity index (χ4v) is 3.10. The van der Waals surface area contributed by atoms with Gasteiger partial charge in [-0.05, 0) is 36.2 Å². The largest absolute Gasteiger partial charge is 0.325 e. The zero-order valence-corrected chi connectivity index (χ0v) is 15.2. The minimum absolute atomic E-state index is 0.136. The van der Waals surface area contributed by atoms with Gasteiger partial charge in [-0.1, -0.05) is 83.9 Å². The molecule has 3 aromatic rings. The summed E-state index contributed by atoms with van der Waals surface area (Å²) in [6.07, 6.45) is 0. The lowest BCUT2D eigenvalue weighted by Gasteiger charge is -2.29. The maximum atomic E-state index is 13.2. The molecular formula is C21H17Cl2NO. The summed E-state index contributed by atoms with van der Waals surface area (Å²) in [6, 6.07) is 24.5. The molecule has 0 unspecified atom stereocenters. The van der Waals surface area contributed by atoms with Crippen LogP contribution in [0.15, 0.2) is 78.9 Å². The van der Waals surface area contributed by atoms with Gasteiger partial charge >= 0.3 is 0 Å². The summed E-state index contributed by atoms with van der Waals surface area (Å²) in [5, 5.41) is 3.82. The van der Waals surface area contributed by atoms with Crippen LogP contribution in [0, 0.1) is 0 Å². The molecule has 0 radical (unpaired) electrons. The molecule has 0 saturated heterocycles. The van der Waals surface area contributed by atoms with E-state index in [1.54, 1.807) is 18.2 Å². The van der Waals surface area contributed by atoms with Crippen molar-refractivity contribution < 1.29 is 4.79 Å². The molecule has 126 valence electrons. The Morgan fingerprint density at radius 3 is 1.80 bits per heavy atom. The van der Waals surface area contributed by atoms with E-state index < -0.39 is 5.41 Å².